The van der Waals surface area contributed by atoms with Gasteiger partial charge in [0.25, 0.3) is 0 Å². The summed E-state index contributed by atoms with van der Waals surface area (Å²) < 4.78 is 30.5. The monoisotopic (exact) mass is 794 g/mol. The lowest BCUT2D eigenvalue weighted by molar-refractivity contribution is -0.376. The summed E-state index contributed by atoms with van der Waals surface area (Å²) in [6.45, 7) is 15.8. The number of aliphatic hydroxyl groups is 8. The molecule has 1 spiro atoms. The van der Waals surface area contributed by atoms with Gasteiger partial charge < -0.3 is 64.5 Å². The number of aliphatic hydroxyl groups excluding tert-OH is 7. The summed E-state index contributed by atoms with van der Waals surface area (Å²) in [5.74, 6) is -0.266. The Morgan fingerprint density at radius 1 is 0.750 bits per heavy atom. The number of carbonyl (C=O) groups is 1. The predicted molar refractivity (Wildman–Crippen MR) is 197 cm³/mol. The minimum atomic E-state index is -1.67. The summed E-state index contributed by atoms with van der Waals surface area (Å²) in [4.78, 5) is 13.7. The largest absolute Gasteiger partial charge is 0.455 e. The van der Waals surface area contributed by atoms with E-state index in [-0.39, 0.29) is 34.1 Å². The molecule has 2 bridgehead atoms. The second kappa shape index (κ2) is 13.1. The van der Waals surface area contributed by atoms with Crippen LogP contribution in [-0.4, -0.2) is 138 Å². The third-order valence-corrected chi connectivity index (χ3v) is 17.9. The van der Waals surface area contributed by atoms with Crippen LogP contribution in [0.5, 0.6) is 0 Å². The standard InChI is InChI=1S/C42H66O14/c1-19-25(45)27(47)29(49)33(52-19)55-30-28(48)26(46)22(18-43)53-34(30)54-24-10-11-37(4)23(36(24,2)3)9-12-39(6)32(37)21(44)17-20-31-41(8,51)40(7)14-16-42(31,35(50)56-40)15-13-38(20,39)5/h19,21-30,32-34,43-49,51H,9-18H2,1-8H3/t19-,21-,22+,23-,24-,25-,26+,27+,28-,29+,30+,32+,33-,34-,37-,38+,39+,40-,41-,42+/m0/s1. The minimum Gasteiger partial charge on any atom is -0.455 e. The number of fused-ring (bicyclic) bond motifs is 7. The molecule has 14 nitrogen and oxygen atoms in total. The number of carbonyl (C=O) groups excluding carboxylic acids is 1. The van der Waals surface area contributed by atoms with Gasteiger partial charge in [-0.25, -0.2) is 0 Å². The van der Waals surface area contributed by atoms with E-state index in [2.05, 4.69) is 34.6 Å². The van der Waals surface area contributed by atoms with Crippen LogP contribution in [0.25, 0.3) is 0 Å². The molecule has 0 radical (unpaired) electrons. The molecule has 4 aliphatic heterocycles. The van der Waals surface area contributed by atoms with Crippen molar-refractivity contribution in [2.24, 2.45) is 38.9 Å². The van der Waals surface area contributed by atoms with Crippen molar-refractivity contribution >= 4 is 5.97 Å². The summed E-state index contributed by atoms with van der Waals surface area (Å²) in [7, 11) is 0. The summed E-state index contributed by atoms with van der Waals surface area (Å²) in [6.07, 6.45) is -9.36. The molecule has 5 aliphatic carbocycles. The van der Waals surface area contributed by atoms with Gasteiger partial charge in [-0.15, -0.1) is 0 Å². The topological polar surface area (TPSA) is 225 Å². The van der Waals surface area contributed by atoms with Gasteiger partial charge in [0.15, 0.2) is 12.6 Å². The number of hydrogen-bond donors (Lipinski definition) is 8. The van der Waals surface area contributed by atoms with Crippen LogP contribution in [0, 0.1) is 38.9 Å². The van der Waals surface area contributed by atoms with E-state index in [1.165, 1.54) is 6.92 Å². The highest BCUT2D eigenvalue weighted by molar-refractivity contribution is 5.86. The van der Waals surface area contributed by atoms with Crippen LogP contribution in [0.3, 0.4) is 0 Å². The first-order chi connectivity index (χ1) is 25.9. The normalized spacial score (nSPS) is 57.8. The van der Waals surface area contributed by atoms with Crippen molar-refractivity contribution in [3.05, 3.63) is 11.1 Å². The smallest absolute Gasteiger partial charge is 0.316 e. The Bertz CT molecular complexity index is 1620. The summed E-state index contributed by atoms with van der Waals surface area (Å²) in [5, 5.41) is 88.5. The number of ether oxygens (including phenoxy) is 5. The van der Waals surface area contributed by atoms with Gasteiger partial charge >= 0.3 is 5.97 Å². The van der Waals surface area contributed by atoms with E-state index in [1.807, 2.05) is 6.92 Å². The van der Waals surface area contributed by atoms with Gasteiger partial charge in [-0.1, -0.05) is 40.2 Å². The second-order valence-electron chi connectivity index (χ2n) is 20.7. The Morgan fingerprint density at radius 2 is 1.43 bits per heavy atom. The van der Waals surface area contributed by atoms with Gasteiger partial charge in [0.05, 0.1) is 30.3 Å². The van der Waals surface area contributed by atoms with E-state index in [9.17, 15) is 45.6 Å². The van der Waals surface area contributed by atoms with Crippen LogP contribution >= 0.6 is 0 Å². The molecule has 4 saturated carbocycles. The van der Waals surface area contributed by atoms with E-state index in [4.69, 9.17) is 23.7 Å². The fraction of sp³-hybridized carbons (Fsp3) is 0.929. The Labute approximate surface area is 329 Å². The lowest BCUT2D eigenvalue weighted by Crippen LogP contribution is -2.72. The molecule has 14 heteroatoms. The van der Waals surface area contributed by atoms with Gasteiger partial charge in [-0.2, -0.15) is 0 Å². The molecule has 0 aromatic rings. The van der Waals surface area contributed by atoms with Crippen LogP contribution in [-0.2, 0) is 28.5 Å². The van der Waals surface area contributed by atoms with Gasteiger partial charge in [-0.05, 0) is 118 Å². The zero-order valence-electron chi connectivity index (χ0n) is 34.2. The molecular formula is C42H66O14. The van der Waals surface area contributed by atoms with Crippen LogP contribution in [0.15, 0.2) is 11.1 Å². The Kier molecular flexibility index (Phi) is 9.71. The SMILES string of the molecule is C[C@@H]1O[C@@H](O[C@H]2[C@H](O[C@H]3CC[C@]4(C)[C@H]5[C@@H](O)CC6=C7[C@]8(CC[C@](C)(OC8=O)[C@@]7(C)O)CC[C@@]6(C)[C@]5(C)CC[C@H]4C3(C)C)O[C@H](CO)[C@@H](O)[C@@H]2O)[C@H](O)[C@H](O)[C@H]1O. The zero-order chi connectivity index (χ0) is 40.9. The molecule has 9 rings (SSSR count). The molecule has 0 unspecified atom stereocenters. The van der Waals surface area contributed by atoms with E-state index >= 15 is 0 Å². The highest BCUT2D eigenvalue weighted by Gasteiger charge is 2.75. The Morgan fingerprint density at radius 3 is 2.09 bits per heavy atom. The highest BCUT2D eigenvalue weighted by atomic mass is 16.8. The van der Waals surface area contributed by atoms with E-state index in [1.54, 1.807) is 6.92 Å². The Balaban J connectivity index is 1.09. The number of esters is 1. The molecule has 8 N–H and O–H groups in total. The molecule has 318 valence electrons. The van der Waals surface area contributed by atoms with Gasteiger partial charge in [0, 0.05) is 0 Å². The van der Waals surface area contributed by atoms with E-state index < -0.39 is 102 Å². The maximum atomic E-state index is 13.7. The molecule has 0 aromatic heterocycles. The van der Waals surface area contributed by atoms with Crippen LogP contribution in [0.1, 0.15) is 113 Å². The summed E-state index contributed by atoms with van der Waals surface area (Å²) >= 11 is 0. The molecule has 8 fully saturated rings. The van der Waals surface area contributed by atoms with Crippen molar-refractivity contribution in [3.8, 4) is 0 Å². The predicted octanol–water partition coefficient (Wildman–Crippen LogP) is 1.59. The first-order valence-corrected chi connectivity index (χ1v) is 21.0. The maximum absolute atomic E-state index is 13.7. The summed E-state index contributed by atoms with van der Waals surface area (Å²) in [5.41, 5.74) is -2.94. The van der Waals surface area contributed by atoms with Crippen LogP contribution < -0.4 is 0 Å². The average molecular weight is 795 g/mol. The van der Waals surface area contributed by atoms with E-state index in [0.717, 1.165) is 30.4 Å². The molecular weight excluding hydrogens is 728 g/mol. The third-order valence-electron chi connectivity index (χ3n) is 17.9. The first-order valence-electron chi connectivity index (χ1n) is 21.0. The molecule has 9 aliphatic rings. The Hall–Kier alpha value is -1.27. The molecule has 0 amide bonds. The molecule has 20 atom stereocenters. The highest BCUT2D eigenvalue weighted by Crippen LogP contribution is 2.77. The van der Waals surface area contributed by atoms with Gasteiger partial charge in [-0.3, -0.25) is 4.79 Å². The summed E-state index contributed by atoms with van der Waals surface area (Å²) in [6, 6.07) is 0. The molecule has 0 aromatic carbocycles. The van der Waals surface area contributed by atoms with Gasteiger partial charge in [0.2, 0.25) is 0 Å². The first kappa shape index (κ1) is 41.5. The zero-order valence-corrected chi connectivity index (χ0v) is 34.2. The van der Waals surface area contributed by atoms with Crippen molar-refractivity contribution in [3.63, 3.8) is 0 Å². The molecule has 56 heavy (non-hydrogen) atoms. The van der Waals surface area contributed by atoms with Crippen molar-refractivity contribution < 1.29 is 69.3 Å². The maximum Gasteiger partial charge on any atom is 0.316 e. The molecule has 4 heterocycles. The third kappa shape index (κ3) is 5.26. The van der Waals surface area contributed by atoms with Crippen molar-refractivity contribution in [1.29, 1.82) is 0 Å². The van der Waals surface area contributed by atoms with Gasteiger partial charge in [0.1, 0.15) is 53.9 Å². The fourth-order valence-electron chi connectivity index (χ4n) is 14.3. The molecule has 4 saturated heterocycles. The number of hydrogen-bond acceptors (Lipinski definition) is 14. The second-order valence-corrected chi connectivity index (χ2v) is 20.7. The van der Waals surface area contributed by atoms with Crippen molar-refractivity contribution in [1.82, 2.24) is 0 Å². The van der Waals surface area contributed by atoms with Crippen molar-refractivity contribution in [2.45, 2.75) is 198 Å². The van der Waals surface area contributed by atoms with Crippen molar-refractivity contribution in [2.75, 3.05) is 6.61 Å². The lowest BCUT2D eigenvalue weighted by Gasteiger charge is -2.73. The average Bonchev–Trinajstić information content (AvgIpc) is 3.12. The minimum absolute atomic E-state index is 0.0741. The fourth-order valence-corrected chi connectivity index (χ4v) is 14.3. The number of rotatable bonds is 5. The van der Waals surface area contributed by atoms with E-state index in [0.29, 0.717) is 38.5 Å². The van der Waals surface area contributed by atoms with Crippen LogP contribution in [0.2, 0.25) is 0 Å². The van der Waals surface area contributed by atoms with Crippen LogP contribution in [0.4, 0.5) is 0 Å². The quantitative estimate of drug-likeness (QED) is 0.113. The lowest BCUT2D eigenvalue weighted by atomic mass is 9.33.